The minimum absolute atomic E-state index is 0.00778. The quantitative estimate of drug-likeness (QED) is 0.479. The van der Waals surface area contributed by atoms with Gasteiger partial charge in [0.1, 0.15) is 11.4 Å². The Balaban J connectivity index is 2.26. The Morgan fingerprint density at radius 1 is 1.47 bits per heavy atom. The second kappa shape index (κ2) is 4.61. The number of nitrogens with one attached hydrogen (secondary N) is 1. The number of nitrogens with two attached hydrogens (primary N) is 1. The van der Waals surface area contributed by atoms with Crippen molar-refractivity contribution in [1.29, 1.82) is 0 Å². The third-order valence-electron chi connectivity index (χ3n) is 3.45. The van der Waals surface area contributed by atoms with E-state index in [1.165, 1.54) is 12.8 Å². The summed E-state index contributed by atoms with van der Waals surface area (Å²) in [5, 5.41) is 14.2. The van der Waals surface area contributed by atoms with Gasteiger partial charge in [0.05, 0.1) is 4.92 Å². The molecule has 0 radical (unpaired) electrons. The Bertz CT molecular complexity index is 434. The number of para-hydroxylation sites is 1. The van der Waals surface area contributed by atoms with Crippen molar-refractivity contribution in [2.24, 2.45) is 5.92 Å². The summed E-state index contributed by atoms with van der Waals surface area (Å²) in [6, 6.07) is 5.33. The number of nitro groups is 1. The third kappa shape index (κ3) is 2.33. The fraction of sp³-hybridized carbons (Fsp3) is 0.500. The van der Waals surface area contributed by atoms with Crippen LogP contribution >= 0.6 is 0 Å². The van der Waals surface area contributed by atoms with Gasteiger partial charge >= 0.3 is 5.69 Å². The Labute approximate surface area is 100 Å². The normalized spacial score (nSPS) is 23.6. The van der Waals surface area contributed by atoms with Crippen LogP contribution in [-0.2, 0) is 0 Å². The molecule has 0 heterocycles. The van der Waals surface area contributed by atoms with Gasteiger partial charge in [0.15, 0.2) is 0 Å². The van der Waals surface area contributed by atoms with E-state index >= 15 is 0 Å². The summed E-state index contributed by atoms with van der Waals surface area (Å²) in [4.78, 5) is 10.6. The summed E-state index contributed by atoms with van der Waals surface area (Å²) < 4.78 is 0. The zero-order chi connectivity index (χ0) is 12.4. The van der Waals surface area contributed by atoms with Gasteiger partial charge in [0, 0.05) is 6.04 Å². The minimum Gasteiger partial charge on any atom is -0.393 e. The van der Waals surface area contributed by atoms with Gasteiger partial charge in [-0.2, -0.15) is 0 Å². The first-order valence-electron chi connectivity index (χ1n) is 5.89. The van der Waals surface area contributed by atoms with E-state index in [0.717, 1.165) is 6.42 Å². The van der Waals surface area contributed by atoms with Crippen LogP contribution in [0.5, 0.6) is 0 Å². The van der Waals surface area contributed by atoms with Crippen molar-refractivity contribution >= 4 is 17.1 Å². The lowest BCUT2D eigenvalue weighted by Crippen LogP contribution is -2.22. The van der Waals surface area contributed by atoms with Crippen molar-refractivity contribution in [2.45, 2.75) is 32.2 Å². The van der Waals surface area contributed by atoms with Gasteiger partial charge in [-0.05, 0) is 30.9 Å². The van der Waals surface area contributed by atoms with Crippen LogP contribution in [0.1, 0.15) is 26.2 Å². The van der Waals surface area contributed by atoms with E-state index in [4.69, 9.17) is 5.73 Å². The summed E-state index contributed by atoms with van der Waals surface area (Å²) >= 11 is 0. The zero-order valence-corrected chi connectivity index (χ0v) is 9.85. The van der Waals surface area contributed by atoms with Crippen LogP contribution in [0.3, 0.4) is 0 Å². The Hall–Kier alpha value is -1.78. The summed E-state index contributed by atoms with van der Waals surface area (Å²) in [7, 11) is 0. The van der Waals surface area contributed by atoms with E-state index in [1.54, 1.807) is 18.2 Å². The third-order valence-corrected chi connectivity index (χ3v) is 3.45. The van der Waals surface area contributed by atoms with Gasteiger partial charge < -0.3 is 11.1 Å². The number of nitrogen functional groups attached to an aromatic ring is 1. The summed E-state index contributed by atoms with van der Waals surface area (Å²) in [5.74, 6) is 0.552. The van der Waals surface area contributed by atoms with E-state index in [0.29, 0.717) is 17.6 Å². The second-order valence-corrected chi connectivity index (χ2v) is 4.66. The monoisotopic (exact) mass is 235 g/mol. The lowest BCUT2D eigenvalue weighted by Gasteiger charge is -2.18. The van der Waals surface area contributed by atoms with Crippen molar-refractivity contribution < 1.29 is 4.92 Å². The molecule has 1 aliphatic carbocycles. The molecule has 92 valence electrons. The molecule has 2 atom stereocenters. The largest absolute Gasteiger partial charge is 0.393 e. The van der Waals surface area contributed by atoms with Crippen LogP contribution in [0, 0.1) is 16.0 Å². The number of benzene rings is 1. The Kier molecular flexibility index (Phi) is 3.17. The van der Waals surface area contributed by atoms with Crippen LogP contribution in [0.4, 0.5) is 17.1 Å². The average molecular weight is 235 g/mol. The average Bonchev–Trinajstić information content (AvgIpc) is 2.64. The molecule has 0 bridgehead atoms. The first-order valence-corrected chi connectivity index (χ1v) is 5.89. The number of hydrogen-bond acceptors (Lipinski definition) is 4. The number of hydrogen-bond donors (Lipinski definition) is 2. The molecule has 17 heavy (non-hydrogen) atoms. The number of nitrogens with zero attached hydrogens (tertiary/aromatic N) is 1. The highest BCUT2D eigenvalue weighted by atomic mass is 16.6. The topological polar surface area (TPSA) is 81.2 Å². The molecule has 1 fully saturated rings. The first kappa shape index (κ1) is 11.7. The highest BCUT2D eigenvalue weighted by molar-refractivity contribution is 5.74. The SMILES string of the molecule is CC1CCCC1Nc1cccc(N)c1[N+](=O)[O-]. The van der Waals surface area contributed by atoms with Crippen LogP contribution in [0.25, 0.3) is 0 Å². The predicted molar refractivity (Wildman–Crippen MR) is 67.9 cm³/mol. The molecule has 1 aromatic carbocycles. The van der Waals surface area contributed by atoms with Gasteiger partial charge in [-0.3, -0.25) is 10.1 Å². The maximum atomic E-state index is 11.0. The summed E-state index contributed by atoms with van der Waals surface area (Å²) in [5.41, 5.74) is 6.39. The molecule has 0 amide bonds. The lowest BCUT2D eigenvalue weighted by molar-refractivity contribution is -0.383. The van der Waals surface area contributed by atoms with Crippen LogP contribution in [0.2, 0.25) is 0 Å². The van der Waals surface area contributed by atoms with Crippen molar-refractivity contribution in [3.05, 3.63) is 28.3 Å². The molecule has 5 heteroatoms. The molecule has 0 aromatic heterocycles. The van der Waals surface area contributed by atoms with E-state index < -0.39 is 4.92 Å². The summed E-state index contributed by atoms with van der Waals surface area (Å²) in [6.07, 6.45) is 3.41. The smallest absolute Gasteiger partial charge is 0.314 e. The molecular formula is C12H17N3O2. The van der Waals surface area contributed by atoms with E-state index in [-0.39, 0.29) is 11.4 Å². The molecule has 0 aliphatic heterocycles. The molecule has 1 aliphatic rings. The van der Waals surface area contributed by atoms with E-state index in [2.05, 4.69) is 12.2 Å². The molecule has 0 spiro atoms. The van der Waals surface area contributed by atoms with Crippen LogP contribution < -0.4 is 11.1 Å². The Morgan fingerprint density at radius 2 is 2.24 bits per heavy atom. The van der Waals surface area contributed by atoms with Crippen molar-refractivity contribution in [2.75, 3.05) is 11.1 Å². The molecule has 1 saturated carbocycles. The maximum absolute atomic E-state index is 11.0. The molecule has 0 saturated heterocycles. The summed E-state index contributed by atoms with van der Waals surface area (Å²) in [6.45, 7) is 2.17. The molecule has 3 N–H and O–H groups in total. The van der Waals surface area contributed by atoms with Crippen molar-refractivity contribution in [3.8, 4) is 0 Å². The van der Waals surface area contributed by atoms with Crippen molar-refractivity contribution in [3.63, 3.8) is 0 Å². The van der Waals surface area contributed by atoms with Crippen LogP contribution in [-0.4, -0.2) is 11.0 Å². The van der Waals surface area contributed by atoms with E-state index in [1.807, 2.05) is 0 Å². The molecule has 5 nitrogen and oxygen atoms in total. The minimum atomic E-state index is -0.419. The second-order valence-electron chi connectivity index (χ2n) is 4.66. The maximum Gasteiger partial charge on any atom is 0.314 e. The molecule has 2 rings (SSSR count). The van der Waals surface area contributed by atoms with Crippen LogP contribution in [0.15, 0.2) is 18.2 Å². The predicted octanol–water partition coefficient (Wildman–Crippen LogP) is 2.78. The molecule has 2 unspecified atom stereocenters. The van der Waals surface area contributed by atoms with Crippen molar-refractivity contribution in [1.82, 2.24) is 0 Å². The van der Waals surface area contributed by atoms with Gasteiger partial charge in [-0.25, -0.2) is 0 Å². The number of anilines is 2. The van der Waals surface area contributed by atoms with E-state index in [9.17, 15) is 10.1 Å². The standard InChI is InChI=1S/C12H17N3O2/c1-8-4-2-6-10(8)14-11-7-3-5-9(13)12(11)15(16)17/h3,5,7-8,10,14H,2,4,6,13H2,1H3. The fourth-order valence-corrected chi connectivity index (χ4v) is 2.44. The fourth-order valence-electron chi connectivity index (χ4n) is 2.44. The highest BCUT2D eigenvalue weighted by Gasteiger charge is 2.26. The Morgan fingerprint density at radius 3 is 2.82 bits per heavy atom. The number of nitro benzene ring substituents is 1. The zero-order valence-electron chi connectivity index (χ0n) is 9.85. The molecular weight excluding hydrogens is 218 g/mol. The molecule has 1 aromatic rings. The van der Waals surface area contributed by atoms with Gasteiger partial charge in [0.2, 0.25) is 0 Å². The van der Waals surface area contributed by atoms with Gasteiger partial charge in [-0.1, -0.05) is 19.4 Å². The first-order chi connectivity index (χ1) is 8.09. The van der Waals surface area contributed by atoms with Gasteiger partial charge in [0.25, 0.3) is 0 Å². The lowest BCUT2D eigenvalue weighted by atomic mass is 10.1. The highest BCUT2D eigenvalue weighted by Crippen LogP contribution is 2.34. The van der Waals surface area contributed by atoms with Gasteiger partial charge in [-0.15, -0.1) is 0 Å². The number of rotatable bonds is 3.